The molecular weight excluding hydrogens is 252 g/mol. The van der Waals surface area contributed by atoms with E-state index in [1.165, 1.54) is 13.3 Å². The number of nitrogens with one attached hydrogen (secondary N) is 2. The Labute approximate surface area is 110 Å². The molecule has 0 spiro atoms. The highest BCUT2D eigenvalue weighted by molar-refractivity contribution is 5.92. The highest BCUT2D eigenvalue weighted by Gasteiger charge is 2.19. The van der Waals surface area contributed by atoms with E-state index in [2.05, 4.69) is 15.7 Å². The summed E-state index contributed by atoms with van der Waals surface area (Å²) in [5, 5.41) is 17.7. The number of carbonyl (C=O) groups excluding carboxylic acids is 1. The molecule has 1 unspecified atom stereocenters. The highest BCUT2D eigenvalue weighted by atomic mass is 16.5. The molecule has 0 aliphatic rings. The second kappa shape index (κ2) is 6.74. The van der Waals surface area contributed by atoms with Gasteiger partial charge in [0.2, 0.25) is 0 Å². The van der Waals surface area contributed by atoms with Gasteiger partial charge in [-0.15, -0.1) is 0 Å². The summed E-state index contributed by atoms with van der Waals surface area (Å²) >= 11 is 0. The van der Waals surface area contributed by atoms with Crippen LogP contribution in [0.5, 0.6) is 0 Å². The standard InChI is InChI=1S/C11H18N4O4/c1-7(2)15-5-8(4-12-15)13-11(18)14-9(6-19-3)10(16)17/h4-5,7,9H,6H2,1-3H3,(H,16,17)(H2,13,14,18). The Balaban J connectivity index is 2.56. The predicted molar refractivity (Wildman–Crippen MR) is 68.1 cm³/mol. The number of rotatable bonds is 6. The first kappa shape index (κ1) is 15.0. The summed E-state index contributed by atoms with van der Waals surface area (Å²) in [5.74, 6) is -1.16. The summed E-state index contributed by atoms with van der Waals surface area (Å²) in [6.45, 7) is 3.81. The molecule has 0 aliphatic carbocycles. The van der Waals surface area contributed by atoms with E-state index in [9.17, 15) is 9.59 Å². The van der Waals surface area contributed by atoms with Crippen LogP contribution >= 0.6 is 0 Å². The van der Waals surface area contributed by atoms with E-state index in [-0.39, 0.29) is 12.6 Å². The number of anilines is 1. The van der Waals surface area contributed by atoms with E-state index >= 15 is 0 Å². The van der Waals surface area contributed by atoms with Crippen molar-refractivity contribution < 1.29 is 19.4 Å². The molecule has 0 aliphatic heterocycles. The van der Waals surface area contributed by atoms with Crippen LogP contribution in [-0.2, 0) is 9.53 Å². The van der Waals surface area contributed by atoms with E-state index in [1.807, 2.05) is 13.8 Å². The van der Waals surface area contributed by atoms with Crippen molar-refractivity contribution in [2.75, 3.05) is 19.0 Å². The second-order valence-corrected chi connectivity index (χ2v) is 4.25. The molecule has 0 saturated heterocycles. The Morgan fingerprint density at radius 2 is 2.21 bits per heavy atom. The fourth-order valence-corrected chi connectivity index (χ4v) is 1.35. The molecule has 19 heavy (non-hydrogen) atoms. The lowest BCUT2D eigenvalue weighted by Crippen LogP contribution is -2.45. The zero-order valence-electron chi connectivity index (χ0n) is 11.1. The first-order valence-corrected chi connectivity index (χ1v) is 5.77. The molecule has 1 rings (SSSR count). The van der Waals surface area contributed by atoms with Crippen LogP contribution in [-0.4, -0.2) is 46.6 Å². The van der Waals surface area contributed by atoms with Crippen molar-refractivity contribution in [1.29, 1.82) is 0 Å². The van der Waals surface area contributed by atoms with Crippen LogP contribution in [0.25, 0.3) is 0 Å². The maximum Gasteiger partial charge on any atom is 0.328 e. The van der Waals surface area contributed by atoms with Crippen molar-refractivity contribution in [3.63, 3.8) is 0 Å². The molecule has 2 amide bonds. The molecule has 0 saturated carbocycles. The quantitative estimate of drug-likeness (QED) is 0.705. The Kier molecular flexibility index (Phi) is 5.31. The molecule has 1 heterocycles. The molecule has 1 aromatic heterocycles. The SMILES string of the molecule is COCC(NC(=O)Nc1cnn(C(C)C)c1)C(=O)O. The average molecular weight is 270 g/mol. The van der Waals surface area contributed by atoms with Gasteiger partial charge in [-0.2, -0.15) is 5.10 Å². The minimum atomic E-state index is -1.16. The topological polar surface area (TPSA) is 105 Å². The molecule has 0 radical (unpaired) electrons. The zero-order chi connectivity index (χ0) is 14.4. The number of ether oxygens (including phenoxy) is 1. The van der Waals surface area contributed by atoms with Crippen molar-refractivity contribution in [3.8, 4) is 0 Å². The summed E-state index contributed by atoms with van der Waals surface area (Å²) in [6.07, 6.45) is 3.15. The molecule has 0 bridgehead atoms. The lowest BCUT2D eigenvalue weighted by atomic mass is 10.3. The summed E-state index contributed by atoms with van der Waals surface area (Å²) in [5.41, 5.74) is 0.493. The van der Waals surface area contributed by atoms with Crippen LogP contribution < -0.4 is 10.6 Å². The number of carboxylic acids is 1. The van der Waals surface area contributed by atoms with Gasteiger partial charge in [0, 0.05) is 19.3 Å². The molecular formula is C11H18N4O4. The van der Waals surface area contributed by atoms with Gasteiger partial charge in [-0.3, -0.25) is 4.68 Å². The van der Waals surface area contributed by atoms with Gasteiger partial charge in [0.15, 0.2) is 6.04 Å². The molecule has 0 fully saturated rings. The number of methoxy groups -OCH3 is 1. The van der Waals surface area contributed by atoms with Gasteiger partial charge in [0.05, 0.1) is 18.5 Å². The number of hydrogen-bond acceptors (Lipinski definition) is 4. The van der Waals surface area contributed by atoms with Gasteiger partial charge in [-0.1, -0.05) is 0 Å². The van der Waals surface area contributed by atoms with Crippen molar-refractivity contribution in [2.45, 2.75) is 25.9 Å². The number of aliphatic carboxylic acids is 1. The summed E-state index contributed by atoms with van der Waals surface area (Å²) in [6, 6.07) is -1.53. The molecule has 3 N–H and O–H groups in total. The van der Waals surface area contributed by atoms with Crippen LogP contribution in [0, 0.1) is 0 Å². The third kappa shape index (κ3) is 4.59. The van der Waals surface area contributed by atoms with Crippen molar-refractivity contribution in [1.82, 2.24) is 15.1 Å². The normalized spacial score (nSPS) is 12.2. The monoisotopic (exact) mass is 270 g/mol. The molecule has 8 nitrogen and oxygen atoms in total. The van der Waals surface area contributed by atoms with Gasteiger partial charge < -0.3 is 20.5 Å². The number of urea groups is 1. The number of carbonyl (C=O) groups is 2. The molecule has 1 atom stereocenters. The fourth-order valence-electron chi connectivity index (χ4n) is 1.35. The third-order valence-corrected chi connectivity index (χ3v) is 2.33. The van der Waals surface area contributed by atoms with E-state index in [0.29, 0.717) is 5.69 Å². The number of hydrogen-bond donors (Lipinski definition) is 3. The second-order valence-electron chi connectivity index (χ2n) is 4.25. The lowest BCUT2D eigenvalue weighted by molar-refractivity contribution is -0.140. The number of aromatic nitrogens is 2. The predicted octanol–water partition coefficient (Wildman–Crippen LogP) is 0.685. The van der Waals surface area contributed by atoms with Gasteiger partial charge in [-0.25, -0.2) is 9.59 Å². The summed E-state index contributed by atoms with van der Waals surface area (Å²) in [7, 11) is 1.36. The molecule has 8 heteroatoms. The maximum atomic E-state index is 11.6. The minimum absolute atomic E-state index is 0.103. The van der Waals surface area contributed by atoms with Crippen molar-refractivity contribution in [2.24, 2.45) is 0 Å². The molecule has 106 valence electrons. The Bertz CT molecular complexity index is 444. The van der Waals surface area contributed by atoms with E-state index < -0.39 is 18.0 Å². The lowest BCUT2D eigenvalue weighted by Gasteiger charge is -2.13. The average Bonchev–Trinajstić information content (AvgIpc) is 2.76. The van der Waals surface area contributed by atoms with E-state index in [0.717, 1.165) is 0 Å². The van der Waals surface area contributed by atoms with Gasteiger partial charge in [-0.05, 0) is 13.8 Å². The van der Waals surface area contributed by atoms with Gasteiger partial charge >= 0.3 is 12.0 Å². The number of nitrogens with zero attached hydrogens (tertiary/aromatic N) is 2. The van der Waals surface area contributed by atoms with Gasteiger partial charge in [0.1, 0.15) is 0 Å². The van der Waals surface area contributed by atoms with Crippen molar-refractivity contribution >= 4 is 17.7 Å². The zero-order valence-corrected chi connectivity index (χ0v) is 11.1. The maximum absolute atomic E-state index is 11.6. The van der Waals surface area contributed by atoms with E-state index in [4.69, 9.17) is 9.84 Å². The molecule has 1 aromatic rings. The molecule has 0 aromatic carbocycles. The van der Waals surface area contributed by atoms with Crippen LogP contribution in [0.2, 0.25) is 0 Å². The number of amides is 2. The summed E-state index contributed by atoms with van der Waals surface area (Å²) in [4.78, 5) is 22.4. The fraction of sp³-hybridized carbons (Fsp3) is 0.545. The van der Waals surface area contributed by atoms with Crippen LogP contribution in [0.15, 0.2) is 12.4 Å². The van der Waals surface area contributed by atoms with Gasteiger partial charge in [0.25, 0.3) is 0 Å². The highest BCUT2D eigenvalue weighted by Crippen LogP contribution is 2.09. The summed E-state index contributed by atoms with van der Waals surface area (Å²) < 4.78 is 6.39. The first-order valence-electron chi connectivity index (χ1n) is 5.77. The Morgan fingerprint density at radius 3 is 2.68 bits per heavy atom. The van der Waals surface area contributed by atoms with Crippen LogP contribution in [0.3, 0.4) is 0 Å². The van der Waals surface area contributed by atoms with E-state index in [1.54, 1.807) is 10.9 Å². The third-order valence-electron chi connectivity index (χ3n) is 2.33. The Morgan fingerprint density at radius 1 is 1.53 bits per heavy atom. The smallest absolute Gasteiger partial charge is 0.328 e. The minimum Gasteiger partial charge on any atom is -0.480 e. The van der Waals surface area contributed by atoms with Crippen LogP contribution in [0.4, 0.5) is 10.5 Å². The first-order chi connectivity index (χ1) is 8.93. The number of carboxylic acid groups (broad SMARTS) is 1. The van der Waals surface area contributed by atoms with Crippen LogP contribution in [0.1, 0.15) is 19.9 Å². The largest absolute Gasteiger partial charge is 0.480 e. The Hall–Kier alpha value is -2.09. The van der Waals surface area contributed by atoms with Crippen molar-refractivity contribution in [3.05, 3.63) is 12.4 Å².